The number of aliphatic hydroxyl groups is 1. The van der Waals surface area contributed by atoms with Crippen molar-refractivity contribution >= 4 is 0 Å². The highest BCUT2D eigenvalue weighted by Gasteiger charge is 2.17. The molecule has 1 aromatic heterocycles. The molecule has 0 amide bonds. The summed E-state index contributed by atoms with van der Waals surface area (Å²) in [4.78, 5) is 2.17. The van der Waals surface area contributed by atoms with E-state index in [0.29, 0.717) is 13.0 Å². The van der Waals surface area contributed by atoms with Gasteiger partial charge in [0.2, 0.25) is 0 Å². The van der Waals surface area contributed by atoms with Gasteiger partial charge in [0.1, 0.15) is 5.82 Å². The Kier molecular flexibility index (Phi) is 5.96. The lowest BCUT2D eigenvalue weighted by atomic mass is 10.0. The summed E-state index contributed by atoms with van der Waals surface area (Å²) in [7, 11) is 2.03. The summed E-state index contributed by atoms with van der Waals surface area (Å²) >= 11 is 0. The number of hydrogen-bond acceptors (Lipinski definition) is 3. The van der Waals surface area contributed by atoms with E-state index in [4.69, 9.17) is 5.10 Å². The number of rotatable bonds is 7. The van der Waals surface area contributed by atoms with Gasteiger partial charge in [-0.15, -0.1) is 0 Å². The summed E-state index contributed by atoms with van der Waals surface area (Å²) < 4.78 is 15.2. The third-order valence-electron chi connectivity index (χ3n) is 4.75. The Morgan fingerprint density at radius 3 is 2.32 bits per heavy atom. The highest BCUT2D eigenvalue weighted by Crippen LogP contribution is 2.25. The lowest BCUT2D eigenvalue weighted by Crippen LogP contribution is -2.28. The molecule has 0 atom stereocenters. The molecule has 0 aliphatic heterocycles. The molecule has 4 nitrogen and oxygen atoms in total. The largest absolute Gasteiger partial charge is 0.390 e. The van der Waals surface area contributed by atoms with E-state index in [1.807, 2.05) is 43.9 Å². The molecule has 3 aromatic rings. The molecule has 0 unspecified atom stereocenters. The van der Waals surface area contributed by atoms with Gasteiger partial charge < -0.3 is 10.0 Å². The van der Waals surface area contributed by atoms with E-state index in [9.17, 15) is 9.50 Å². The van der Waals surface area contributed by atoms with Crippen LogP contribution in [0.4, 0.5) is 4.39 Å². The maximum absolute atomic E-state index is 13.4. The van der Waals surface area contributed by atoms with Crippen LogP contribution in [0.1, 0.15) is 31.4 Å². The van der Waals surface area contributed by atoms with Gasteiger partial charge in [-0.2, -0.15) is 5.10 Å². The lowest BCUT2D eigenvalue weighted by molar-refractivity contribution is 0.0600. The van der Waals surface area contributed by atoms with Gasteiger partial charge in [0, 0.05) is 30.4 Å². The van der Waals surface area contributed by atoms with Gasteiger partial charge >= 0.3 is 0 Å². The van der Waals surface area contributed by atoms with Crippen molar-refractivity contribution in [2.45, 2.75) is 39.3 Å². The summed E-state index contributed by atoms with van der Waals surface area (Å²) in [5.41, 5.74) is 4.28. The molecule has 1 N–H and O–H groups in total. The van der Waals surface area contributed by atoms with Crippen molar-refractivity contribution in [1.29, 1.82) is 0 Å². The van der Waals surface area contributed by atoms with Gasteiger partial charge in [-0.1, -0.05) is 17.7 Å². The Labute approximate surface area is 166 Å². The van der Waals surface area contributed by atoms with Crippen molar-refractivity contribution in [3.63, 3.8) is 0 Å². The fraction of sp³-hybridized carbons (Fsp3) is 0.348. The average Bonchev–Trinajstić information content (AvgIpc) is 3.04. The molecule has 1 heterocycles. The third-order valence-corrected chi connectivity index (χ3v) is 4.75. The molecular weight excluding hydrogens is 353 g/mol. The van der Waals surface area contributed by atoms with Crippen LogP contribution in [-0.4, -0.2) is 39.0 Å². The minimum Gasteiger partial charge on any atom is -0.390 e. The van der Waals surface area contributed by atoms with E-state index in [1.54, 1.807) is 12.1 Å². The molecule has 28 heavy (non-hydrogen) atoms. The normalized spacial score (nSPS) is 12.0. The van der Waals surface area contributed by atoms with Crippen molar-refractivity contribution in [2.24, 2.45) is 0 Å². The van der Waals surface area contributed by atoms with Crippen LogP contribution in [0, 0.1) is 12.7 Å². The molecule has 0 radical (unpaired) electrons. The van der Waals surface area contributed by atoms with E-state index >= 15 is 0 Å². The van der Waals surface area contributed by atoms with Crippen molar-refractivity contribution in [2.75, 3.05) is 13.6 Å². The van der Waals surface area contributed by atoms with E-state index in [2.05, 4.69) is 24.0 Å². The molecule has 0 saturated heterocycles. The minimum absolute atomic E-state index is 0.259. The first kappa shape index (κ1) is 20.2. The fourth-order valence-electron chi connectivity index (χ4n) is 3.04. The zero-order valence-electron chi connectivity index (χ0n) is 17.0. The monoisotopic (exact) mass is 381 g/mol. The zero-order valence-corrected chi connectivity index (χ0v) is 17.0. The smallest absolute Gasteiger partial charge is 0.123 e. The summed E-state index contributed by atoms with van der Waals surface area (Å²) in [6, 6.07) is 14.6. The Balaban J connectivity index is 1.91. The summed E-state index contributed by atoms with van der Waals surface area (Å²) in [5, 5.41) is 14.8. The minimum atomic E-state index is -0.694. The van der Waals surface area contributed by atoms with Crippen LogP contribution in [0.3, 0.4) is 0 Å². The van der Waals surface area contributed by atoms with Crippen molar-refractivity contribution in [3.05, 3.63) is 71.7 Å². The first-order valence-electron chi connectivity index (χ1n) is 9.54. The van der Waals surface area contributed by atoms with Gasteiger partial charge in [0.25, 0.3) is 0 Å². The quantitative estimate of drug-likeness (QED) is 0.651. The third kappa shape index (κ3) is 5.27. The van der Waals surface area contributed by atoms with Crippen LogP contribution in [0.25, 0.3) is 16.9 Å². The number of halogens is 1. The zero-order chi connectivity index (χ0) is 20.3. The first-order chi connectivity index (χ1) is 13.2. The lowest BCUT2D eigenvalue weighted by Gasteiger charge is -2.22. The van der Waals surface area contributed by atoms with Crippen LogP contribution in [-0.2, 0) is 6.54 Å². The van der Waals surface area contributed by atoms with Crippen molar-refractivity contribution in [3.8, 4) is 16.9 Å². The van der Waals surface area contributed by atoms with Crippen LogP contribution in [0.15, 0.2) is 54.7 Å². The van der Waals surface area contributed by atoms with E-state index in [0.717, 1.165) is 29.1 Å². The average molecular weight is 381 g/mol. The van der Waals surface area contributed by atoms with Crippen LogP contribution in [0.5, 0.6) is 0 Å². The number of aromatic nitrogens is 2. The Hall–Kier alpha value is -2.50. The number of aryl methyl sites for hydroxylation is 1. The molecule has 3 rings (SSSR count). The molecule has 0 aliphatic rings. The van der Waals surface area contributed by atoms with Crippen LogP contribution in [0.2, 0.25) is 0 Å². The SMILES string of the molecule is Cc1ccc(-n2cc(CN(C)CCC(C)(C)O)c(-c3ccc(F)cc3)n2)cc1. The summed E-state index contributed by atoms with van der Waals surface area (Å²) in [6.07, 6.45) is 2.71. The standard InChI is InChI=1S/C23H28FN3O/c1-17-5-11-21(12-6-17)27-16-19(15-26(4)14-13-23(2,3)28)22(25-27)18-7-9-20(24)10-8-18/h5-12,16,28H,13-15H2,1-4H3. The topological polar surface area (TPSA) is 41.3 Å². The number of nitrogens with zero attached hydrogens (tertiary/aromatic N) is 3. The fourth-order valence-corrected chi connectivity index (χ4v) is 3.04. The van der Waals surface area contributed by atoms with E-state index in [1.165, 1.54) is 17.7 Å². The van der Waals surface area contributed by atoms with Gasteiger partial charge in [-0.3, -0.25) is 0 Å². The van der Waals surface area contributed by atoms with Crippen LogP contribution < -0.4 is 0 Å². The molecule has 0 saturated carbocycles. The molecule has 0 fully saturated rings. The summed E-state index contributed by atoms with van der Waals surface area (Å²) in [5.74, 6) is -0.259. The van der Waals surface area contributed by atoms with Gasteiger partial charge in [0.15, 0.2) is 0 Å². The van der Waals surface area contributed by atoms with E-state index in [-0.39, 0.29) is 5.82 Å². The molecule has 0 spiro atoms. The van der Waals surface area contributed by atoms with Crippen molar-refractivity contribution < 1.29 is 9.50 Å². The second-order valence-corrected chi connectivity index (χ2v) is 8.09. The predicted molar refractivity (Wildman–Crippen MR) is 111 cm³/mol. The number of benzene rings is 2. The first-order valence-corrected chi connectivity index (χ1v) is 9.54. The molecule has 0 bridgehead atoms. The van der Waals surface area contributed by atoms with Gasteiger partial charge in [-0.25, -0.2) is 9.07 Å². The molecule has 148 valence electrons. The van der Waals surface area contributed by atoms with E-state index < -0.39 is 5.60 Å². The van der Waals surface area contributed by atoms with Crippen LogP contribution >= 0.6 is 0 Å². The molecule has 5 heteroatoms. The highest BCUT2D eigenvalue weighted by atomic mass is 19.1. The Bertz CT molecular complexity index is 909. The summed E-state index contributed by atoms with van der Waals surface area (Å²) in [6.45, 7) is 7.15. The Morgan fingerprint density at radius 2 is 1.71 bits per heavy atom. The Morgan fingerprint density at radius 1 is 1.07 bits per heavy atom. The predicted octanol–water partition coefficient (Wildman–Crippen LogP) is 4.58. The maximum Gasteiger partial charge on any atom is 0.123 e. The van der Waals surface area contributed by atoms with Crippen molar-refractivity contribution in [1.82, 2.24) is 14.7 Å². The highest BCUT2D eigenvalue weighted by molar-refractivity contribution is 5.63. The molecule has 0 aliphatic carbocycles. The van der Waals surface area contributed by atoms with Gasteiger partial charge in [0.05, 0.1) is 17.0 Å². The van der Waals surface area contributed by atoms with Gasteiger partial charge in [-0.05, 0) is 70.6 Å². The second kappa shape index (κ2) is 8.25. The number of hydrogen-bond donors (Lipinski definition) is 1. The molecule has 2 aromatic carbocycles. The maximum atomic E-state index is 13.4. The second-order valence-electron chi connectivity index (χ2n) is 8.09. The molecular formula is C23H28FN3O.